The number of rotatable bonds is 2. The molecule has 2 rings (SSSR count). The van der Waals surface area contributed by atoms with E-state index in [0.717, 1.165) is 15.7 Å². The number of benzene rings is 1. The molecule has 0 aliphatic rings. The molecule has 0 atom stereocenters. The first-order valence-corrected chi connectivity index (χ1v) is 5.91. The maximum Gasteiger partial charge on any atom is 0.115 e. The molecule has 0 saturated heterocycles. The van der Waals surface area contributed by atoms with Gasteiger partial charge in [0.25, 0.3) is 0 Å². The average molecular weight is 281 g/mol. The van der Waals surface area contributed by atoms with Gasteiger partial charge in [0, 0.05) is 11.6 Å². The fraction of sp³-hybridized carbons (Fsp3) is 0.250. The number of phenols is 1. The van der Waals surface area contributed by atoms with Crippen LogP contribution in [0.5, 0.6) is 5.75 Å². The molecule has 0 amide bonds. The lowest BCUT2D eigenvalue weighted by molar-refractivity contribution is 0.475. The molecule has 0 fully saturated rings. The van der Waals surface area contributed by atoms with Crippen molar-refractivity contribution < 1.29 is 5.11 Å². The fourth-order valence-electron chi connectivity index (χ4n) is 1.62. The highest BCUT2D eigenvalue weighted by Crippen LogP contribution is 2.30. The van der Waals surface area contributed by atoms with Crippen molar-refractivity contribution in [1.29, 1.82) is 0 Å². The maximum atomic E-state index is 9.27. The molecule has 0 bridgehead atoms. The molecule has 84 valence electrons. The van der Waals surface area contributed by atoms with Crippen molar-refractivity contribution in [2.24, 2.45) is 0 Å². The van der Waals surface area contributed by atoms with Gasteiger partial charge in [-0.2, -0.15) is 5.10 Å². The number of halogens is 1. The molecule has 0 aliphatic heterocycles. The smallest absolute Gasteiger partial charge is 0.115 e. The Morgan fingerprint density at radius 3 is 2.44 bits per heavy atom. The van der Waals surface area contributed by atoms with Crippen molar-refractivity contribution in [1.82, 2.24) is 9.78 Å². The molecule has 1 aromatic carbocycles. The molecule has 2 aromatic rings. The maximum absolute atomic E-state index is 9.27. The van der Waals surface area contributed by atoms with E-state index in [2.05, 4.69) is 34.9 Å². The van der Waals surface area contributed by atoms with Crippen molar-refractivity contribution in [3.63, 3.8) is 0 Å². The summed E-state index contributed by atoms with van der Waals surface area (Å²) in [6, 6.07) is 7.43. The summed E-state index contributed by atoms with van der Waals surface area (Å²) in [6.07, 6.45) is 1.79. The van der Waals surface area contributed by atoms with E-state index in [1.165, 1.54) is 0 Å². The quantitative estimate of drug-likeness (QED) is 0.913. The summed E-state index contributed by atoms with van der Waals surface area (Å²) in [6.45, 7) is 4.17. The molecule has 1 N–H and O–H groups in total. The number of nitrogens with zero attached hydrogens (tertiary/aromatic N) is 2. The second kappa shape index (κ2) is 4.29. The van der Waals surface area contributed by atoms with E-state index in [4.69, 9.17) is 0 Å². The third-order valence-electron chi connectivity index (χ3n) is 2.38. The van der Waals surface area contributed by atoms with E-state index in [0.29, 0.717) is 6.04 Å². The standard InChI is InChI=1S/C12H13BrN2O/c1-8(2)15-12(11(13)7-14-15)9-3-5-10(16)6-4-9/h3-8,16H,1-2H3. The largest absolute Gasteiger partial charge is 0.508 e. The molecule has 0 saturated carbocycles. The van der Waals surface area contributed by atoms with Gasteiger partial charge in [0.2, 0.25) is 0 Å². The molecule has 16 heavy (non-hydrogen) atoms. The first-order valence-electron chi connectivity index (χ1n) is 5.12. The van der Waals surface area contributed by atoms with Crippen LogP contribution in [0.1, 0.15) is 19.9 Å². The summed E-state index contributed by atoms with van der Waals surface area (Å²) < 4.78 is 2.92. The Bertz CT molecular complexity index is 488. The van der Waals surface area contributed by atoms with Gasteiger partial charge in [-0.05, 0) is 54.0 Å². The van der Waals surface area contributed by atoms with Crippen LogP contribution in [0.3, 0.4) is 0 Å². The molecular formula is C12H13BrN2O. The van der Waals surface area contributed by atoms with Crippen LogP contribution in [0.25, 0.3) is 11.3 Å². The van der Waals surface area contributed by atoms with Crippen LogP contribution in [0.15, 0.2) is 34.9 Å². The van der Waals surface area contributed by atoms with Gasteiger partial charge in [-0.15, -0.1) is 0 Å². The highest BCUT2D eigenvalue weighted by molar-refractivity contribution is 9.10. The van der Waals surface area contributed by atoms with Gasteiger partial charge >= 0.3 is 0 Å². The summed E-state index contributed by atoms with van der Waals surface area (Å²) in [5.41, 5.74) is 2.07. The van der Waals surface area contributed by atoms with Crippen LogP contribution >= 0.6 is 15.9 Å². The van der Waals surface area contributed by atoms with Crippen LogP contribution in [0, 0.1) is 0 Å². The number of phenolic OH excluding ortho intramolecular Hbond substituents is 1. The Morgan fingerprint density at radius 1 is 1.25 bits per heavy atom. The lowest BCUT2D eigenvalue weighted by Crippen LogP contribution is -2.04. The molecule has 1 aromatic heterocycles. The Morgan fingerprint density at radius 2 is 1.88 bits per heavy atom. The predicted octanol–water partition coefficient (Wildman–Crippen LogP) is 3.60. The average Bonchev–Trinajstić information content (AvgIpc) is 2.62. The fourth-order valence-corrected chi connectivity index (χ4v) is 2.12. The van der Waals surface area contributed by atoms with Crippen molar-refractivity contribution >= 4 is 15.9 Å². The van der Waals surface area contributed by atoms with E-state index in [9.17, 15) is 5.11 Å². The van der Waals surface area contributed by atoms with Gasteiger partial charge in [0.15, 0.2) is 0 Å². The van der Waals surface area contributed by atoms with E-state index in [-0.39, 0.29) is 5.75 Å². The van der Waals surface area contributed by atoms with Crippen LogP contribution in [0.4, 0.5) is 0 Å². The monoisotopic (exact) mass is 280 g/mol. The minimum absolute atomic E-state index is 0.274. The third kappa shape index (κ3) is 1.97. The summed E-state index contributed by atoms with van der Waals surface area (Å²) >= 11 is 3.49. The Balaban J connectivity index is 2.54. The molecule has 0 radical (unpaired) electrons. The van der Waals surface area contributed by atoms with Crippen LogP contribution in [-0.4, -0.2) is 14.9 Å². The number of aromatic hydroxyl groups is 1. The van der Waals surface area contributed by atoms with Crippen LogP contribution in [-0.2, 0) is 0 Å². The van der Waals surface area contributed by atoms with Crippen molar-refractivity contribution in [3.8, 4) is 17.0 Å². The number of hydrogen-bond donors (Lipinski definition) is 1. The Labute approximate surface area is 103 Å². The topological polar surface area (TPSA) is 38.0 Å². The minimum atomic E-state index is 0.274. The second-order valence-electron chi connectivity index (χ2n) is 3.93. The van der Waals surface area contributed by atoms with E-state index >= 15 is 0 Å². The van der Waals surface area contributed by atoms with Crippen LogP contribution in [0.2, 0.25) is 0 Å². The highest BCUT2D eigenvalue weighted by atomic mass is 79.9. The molecule has 4 heteroatoms. The van der Waals surface area contributed by atoms with Gasteiger partial charge < -0.3 is 5.11 Å². The van der Waals surface area contributed by atoms with Crippen molar-refractivity contribution in [2.45, 2.75) is 19.9 Å². The Kier molecular flexibility index (Phi) is 3.01. The van der Waals surface area contributed by atoms with Crippen molar-refractivity contribution in [2.75, 3.05) is 0 Å². The summed E-state index contributed by atoms with van der Waals surface area (Å²) in [4.78, 5) is 0. The summed E-state index contributed by atoms with van der Waals surface area (Å²) in [7, 11) is 0. The molecule has 1 heterocycles. The van der Waals surface area contributed by atoms with Gasteiger partial charge in [-0.1, -0.05) is 0 Å². The zero-order valence-corrected chi connectivity index (χ0v) is 10.8. The zero-order chi connectivity index (χ0) is 11.7. The lowest BCUT2D eigenvalue weighted by Gasteiger charge is -2.11. The van der Waals surface area contributed by atoms with Crippen molar-refractivity contribution in [3.05, 3.63) is 34.9 Å². The molecule has 0 aliphatic carbocycles. The SMILES string of the molecule is CC(C)n1ncc(Br)c1-c1ccc(O)cc1. The summed E-state index contributed by atoms with van der Waals surface area (Å²) in [5.74, 6) is 0.274. The van der Waals surface area contributed by atoms with Gasteiger partial charge in [-0.25, -0.2) is 0 Å². The number of aromatic nitrogens is 2. The van der Waals surface area contributed by atoms with E-state index in [1.54, 1.807) is 18.3 Å². The highest BCUT2D eigenvalue weighted by Gasteiger charge is 2.12. The zero-order valence-electron chi connectivity index (χ0n) is 9.18. The number of hydrogen-bond acceptors (Lipinski definition) is 2. The first kappa shape index (κ1) is 11.2. The first-order chi connectivity index (χ1) is 7.59. The lowest BCUT2D eigenvalue weighted by atomic mass is 10.1. The van der Waals surface area contributed by atoms with Gasteiger partial charge in [0.05, 0.1) is 16.4 Å². The van der Waals surface area contributed by atoms with E-state index < -0.39 is 0 Å². The Hall–Kier alpha value is -1.29. The molecular weight excluding hydrogens is 268 g/mol. The summed E-state index contributed by atoms with van der Waals surface area (Å²) in [5, 5.41) is 13.6. The van der Waals surface area contributed by atoms with E-state index in [1.807, 2.05) is 16.8 Å². The van der Waals surface area contributed by atoms with Gasteiger partial charge in [-0.3, -0.25) is 4.68 Å². The predicted molar refractivity (Wildman–Crippen MR) is 67.4 cm³/mol. The minimum Gasteiger partial charge on any atom is -0.508 e. The molecule has 0 unspecified atom stereocenters. The van der Waals surface area contributed by atoms with Gasteiger partial charge in [0.1, 0.15) is 5.75 Å². The molecule has 0 spiro atoms. The van der Waals surface area contributed by atoms with Crippen LogP contribution < -0.4 is 0 Å². The molecule has 3 nitrogen and oxygen atoms in total. The third-order valence-corrected chi connectivity index (χ3v) is 2.96. The second-order valence-corrected chi connectivity index (χ2v) is 4.78. The normalized spacial score (nSPS) is 11.0.